The molecule has 7 nitrogen and oxygen atoms in total. The van der Waals surface area contributed by atoms with E-state index >= 15 is 0 Å². The van der Waals surface area contributed by atoms with E-state index in [1.165, 1.54) is 28.6 Å². The van der Waals surface area contributed by atoms with Crippen LogP contribution in [-0.4, -0.2) is 45.1 Å². The zero-order valence-corrected chi connectivity index (χ0v) is 9.95. The van der Waals surface area contributed by atoms with E-state index in [1.807, 2.05) is 0 Å². The molecule has 1 aromatic heterocycles. The third-order valence-electron chi connectivity index (χ3n) is 2.75. The first-order valence-corrected chi connectivity index (χ1v) is 5.08. The Balaban J connectivity index is 3.01. The Labute approximate surface area is 98.4 Å². The van der Waals surface area contributed by atoms with Crippen molar-refractivity contribution in [1.82, 2.24) is 9.47 Å². The maximum absolute atomic E-state index is 12.0. The average Bonchev–Trinajstić information content (AvgIpc) is 2.68. The van der Waals surface area contributed by atoms with Gasteiger partial charge in [-0.05, 0) is 17.9 Å². The van der Waals surface area contributed by atoms with Crippen LogP contribution in [0.3, 0.4) is 0 Å². The second-order valence-corrected chi connectivity index (χ2v) is 3.84. The minimum Gasteiger partial charge on any atom is -0.394 e. The van der Waals surface area contributed by atoms with Crippen molar-refractivity contribution in [2.45, 2.75) is 13.0 Å². The van der Waals surface area contributed by atoms with Crippen LogP contribution in [0.4, 0.5) is 5.82 Å². The van der Waals surface area contributed by atoms with Crippen LogP contribution < -0.4 is 0 Å². The molecule has 1 amide bonds. The van der Waals surface area contributed by atoms with E-state index in [4.69, 9.17) is 5.11 Å². The number of aliphatic hydroxyl groups excluding tert-OH is 1. The van der Waals surface area contributed by atoms with Gasteiger partial charge in [-0.2, -0.15) is 0 Å². The molecule has 0 aliphatic carbocycles. The van der Waals surface area contributed by atoms with Gasteiger partial charge in [-0.3, -0.25) is 4.79 Å². The number of hydrogen-bond acceptors (Lipinski definition) is 4. The molecule has 1 aromatic rings. The molecule has 0 spiro atoms. The molecule has 1 unspecified atom stereocenters. The van der Waals surface area contributed by atoms with E-state index in [9.17, 15) is 14.9 Å². The molecule has 0 bridgehead atoms. The van der Waals surface area contributed by atoms with Crippen LogP contribution in [0.2, 0.25) is 0 Å². The van der Waals surface area contributed by atoms with Gasteiger partial charge in [-0.1, -0.05) is 0 Å². The Kier molecular flexibility index (Phi) is 3.84. The second kappa shape index (κ2) is 4.96. The lowest BCUT2D eigenvalue weighted by molar-refractivity contribution is -0.391. The van der Waals surface area contributed by atoms with Gasteiger partial charge in [-0.25, -0.2) is 4.57 Å². The van der Waals surface area contributed by atoms with Crippen LogP contribution in [0.15, 0.2) is 12.1 Å². The second-order valence-electron chi connectivity index (χ2n) is 3.84. The molecule has 0 fully saturated rings. The Hall–Kier alpha value is -1.89. The van der Waals surface area contributed by atoms with Crippen molar-refractivity contribution >= 4 is 11.7 Å². The molecule has 0 aliphatic rings. The van der Waals surface area contributed by atoms with Crippen LogP contribution in [0.25, 0.3) is 0 Å². The van der Waals surface area contributed by atoms with Crippen molar-refractivity contribution in [3.8, 4) is 0 Å². The van der Waals surface area contributed by atoms with E-state index in [1.54, 1.807) is 14.0 Å². The Morgan fingerprint density at radius 1 is 1.65 bits per heavy atom. The predicted octanol–water partition coefficient (Wildman–Crippen LogP) is 0.386. The fourth-order valence-corrected chi connectivity index (χ4v) is 1.40. The number of amides is 1. The molecule has 0 aromatic carbocycles. The summed E-state index contributed by atoms with van der Waals surface area (Å²) in [6.45, 7) is 1.53. The van der Waals surface area contributed by atoms with E-state index in [0.29, 0.717) is 0 Å². The highest BCUT2D eigenvalue weighted by Crippen LogP contribution is 2.16. The summed E-state index contributed by atoms with van der Waals surface area (Å²) < 4.78 is 1.23. The molecule has 17 heavy (non-hydrogen) atoms. The van der Waals surface area contributed by atoms with E-state index in [0.717, 1.165) is 0 Å². The maximum atomic E-state index is 12.0. The van der Waals surface area contributed by atoms with Crippen molar-refractivity contribution < 1.29 is 14.8 Å². The van der Waals surface area contributed by atoms with E-state index in [2.05, 4.69) is 0 Å². The SMILES string of the molecule is CC(CO)N(C)C(=O)c1ccc([N+](=O)[O-])n1C. The van der Waals surface area contributed by atoms with E-state index < -0.39 is 4.92 Å². The summed E-state index contributed by atoms with van der Waals surface area (Å²) in [5, 5.41) is 19.6. The summed E-state index contributed by atoms with van der Waals surface area (Å²) in [7, 11) is 3.00. The summed E-state index contributed by atoms with van der Waals surface area (Å²) in [5.41, 5.74) is 0.222. The molecule has 7 heteroatoms. The number of carbonyl (C=O) groups excluding carboxylic acids is 1. The van der Waals surface area contributed by atoms with Gasteiger partial charge in [-0.15, -0.1) is 0 Å². The lowest BCUT2D eigenvalue weighted by atomic mass is 10.3. The molecular formula is C10H15N3O4. The first-order valence-electron chi connectivity index (χ1n) is 5.08. The van der Waals surface area contributed by atoms with Gasteiger partial charge in [0.2, 0.25) is 0 Å². The summed E-state index contributed by atoms with van der Waals surface area (Å²) >= 11 is 0. The standard InChI is InChI=1S/C10H15N3O4/c1-7(6-14)11(2)10(15)8-4-5-9(12(8)3)13(16)17/h4-5,7,14H,6H2,1-3H3. The smallest absolute Gasteiger partial charge is 0.323 e. The molecule has 1 heterocycles. The summed E-state index contributed by atoms with van der Waals surface area (Å²) in [4.78, 5) is 23.4. The number of rotatable bonds is 4. The van der Waals surface area contributed by atoms with Gasteiger partial charge in [0.05, 0.1) is 19.7 Å². The lowest BCUT2D eigenvalue weighted by Gasteiger charge is -2.22. The first-order chi connectivity index (χ1) is 7.90. The first kappa shape index (κ1) is 13.2. The highest BCUT2D eigenvalue weighted by Gasteiger charge is 2.25. The number of likely N-dealkylation sites (N-methyl/N-ethyl adjacent to an activating group) is 1. The molecular weight excluding hydrogens is 226 g/mol. The van der Waals surface area contributed by atoms with Crippen LogP contribution in [-0.2, 0) is 7.05 Å². The van der Waals surface area contributed by atoms with Crippen molar-refractivity contribution in [3.63, 3.8) is 0 Å². The molecule has 1 atom stereocenters. The van der Waals surface area contributed by atoms with Gasteiger partial charge in [0.1, 0.15) is 0 Å². The normalized spacial score (nSPS) is 12.2. The molecule has 0 aliphatic heterocycles. The number of carbonyl (C=O) groups is 1. The average molecular weight is 241 g/mol. The van der Waals surface area contributed by atoms with Crippen molar-refractivity contribution in [2.75, 3.05) is 13.7 Å². The van der Waals surface area contributed by atoms with Crippen molar-refractivity contribution in [3.05, 3.63) is 27.9 Å². The molecule has 0 radical (unpaired) electrons. The quantitative estimate of drug-likeness (QED) is 0.610. The monoisotopic (exact) mass is 241 g/mol. The fraction of sp³-hybridized carbons (Fsp3) is 0.500. The van der Waals surface area contributed by atoms with Crippen LogP contribution in [0.5, 0.6) is 0 Å². The van der Waals surface area contributed by atoms with Gasteiger partial charge >= 0.3 is 5.82 Å². The summed E-state index contributed by atoms with van der Waals surface area (Å²) in [5.74, 6) is -0.499. The predicted molar refractivity (Wildman–Crippen MR) is 60.7 cm³/mol. The minimum absolute atomic E-state index is 0.140. The zero-order valence-electron chi connectivity index (χ0n) is 9.95. The van der Waals surface area contributed by atoms with Gasteiger partial charge in [0, 0.05) is 13.1 Å². The zero-order chi connectivity index (χ0) is 13.2. The van der Waals surface area contributed by atoms with Crippen molar-refractivity contribution in [1.29, 1.82) is 0 Å². The van der Waals surface area contributed by atoms with E-state index in [-0.39, 0.29) is 30.1 Å². The molecule has 1 N–H and O–H groups in total. The summed E-state index contributed by atoms with van der Waals surface area (Å²) in [6.07, 6.45) is 0. The minimum atomic E-state index is -0.549. The number of aromatic nitrogens is 1. The highest BCUT2D eigenvalue weighted by molar-refractivity contribution is 5.93. The Morgan fingerprint density at radius 3 is 2.65 bits per heavy atom. The van der Waals surface area contributed by atoms with Gasteiger partial charge in [0.15, 0.2) is 5.69 Å². The van der Waals surface area contributed by atoms with Crippen LogP contribution in [0, 0.1) is 10.1 Å². The molecule has 1 rings (SSSR count). The van der Waals surface area contributed by atoms with Gasteiger partial charge < -0.3 is 20.1 Å². The fourth-order valence-electron chi connectivity index (χ4n) is 1.40. The van der Waals surface area contributed by atoms with Crippen LogP contribution in [0.1, 0.15) is 17.4 Å². The molecule has 0 saturated heterocycles. The number of hydrogen-bond donors (Lipinski definition) is 1. The summed E-state index contributed by atoms with van der Waals surface area (Å²) in [6, 6.07) is 2.35. The third kappa shape index (κ3) is 2.44. The Bertz CT molecular complexity index is 441. The highest BCUT2D eigenvalue weighted by atomic mass is 16.6. The largest absolute Gasteiger partial charge is 0.394 e. The number of nitrogens with zero attached hydrogens (tertiary/aromatic N) is 3. The Morgan fingerprint density at radius 2 is 2.24 bits per heavy atom. The van der Waals surface area contributed by atoms with Crippen molar-refractivity contribution in [2.24, 2.45) is 7.05 Å². The van der Waals surface area contributed by atoms with Crippen LogP contribution >= 0.6 is 0 Å². The molecule has 94 valence electrons. The third-order valence-corrected chi connectivity index (χ3v) is 2.75. The molecule has 0 saturated carbocycles. The maximum Gasteiger partial charge on any atom is 0.323 e. The topological polar surface area (TPSA) is 88.6 Å². The van der Waals surface area contributed by atoms with Gasteiger partial charge in [0.25, 0.3) is 5.91 Å². The number of nitro groups is 1. The number of aliphatic hydroxyl groups is 1. The lowest BCUT2D eigenvalue weighted by Crippen LogP contribution is -2.38.